The molecule has 1 aromatic heterocycles. The third kappa shape index (κ3) is 5.22. The van der Waals surface area contributed by atoms with E-state index >= 15 is 0 Å². The number of rotatable bonds is 7. The van der Waals surface area contributed by atoms with Crippen LogP contribution in [0.2, 0.25) is 0 Å². The summed E-state index contributed by atoms with van der Waals surface area (Å²) in [6.45, 7) is 4.37. The highest BCUT2D eigenvalue weighted by atomic mass is 16.6. The van der Waals surface area contributed by atoms with Crippen molar-refractivity contribution < 1.29 is 19.4 Å². The van der Waals surface area contributed by atoms with E-state index in [1.807, 2.05) is 41.9 Å². The Morgan fingerprint density at radius 2 is 2.12 bits per heavy atom. The van der Waals surface area contributed by atoms with Gasteiger partial charge < -0.3 is 19.5 Å². The summed E-state index contributed by atoms with van der Waals surface area (Å²) < 4.78 is 13.5. The first-order valence-electron chi connectivity index (χ1n) is 11.6. The van der Waals surface area contributed by atoms with Crippen LogP contribution in [0.1, 0.15) is 60.8 Å². The Bertz CT molecular complexity index is 932. The van der Waals surface area contributed by atoms with Crippen molar-refractivity contribution in [2.24, 2.45) is 0 Å². The van der Waals surface area contributed by atoms with E-state index < -0.39 is 0 Å². The number of aliphatic hydroxyl groups excluding tert-OH is 1. The first-order valence-corrected chi connectivity index (χ1v) is 11.6. The zero-order chi connectivity index (χ0) is 22.3. The number of carbonyl (C=O) groups is 1. The Kier molecular flexibility index (Phi) is 7.60. The van der Waals surface area contributed by atoms with Crippen LogP contribution in [0.5, 0.6) is 0 Å². The Hall–Kier alpha value is -2.64. The number of aromatic nitrogens is 2. The minimum Gasteiger partial charge on any atom is -0.445 e. The van der Waals surface area contributed by atoms with Gasteiger partial charge in [0.25, 0.3) is 0 Å². The number of aliphatic hydroxyl groups is 1. The van der Waals surface area contributed by atoms with Crippen LogP contribution >= 0.6 is 0 Å². The number of amides is 1. The molecule has 2 aromatic rings. The molecule has 2 aliphatic rings. The van der Waals surface area contributed by atoms with Crippen LogP contribution in [0.15, 0.2) is 36.4 Å². The SMILES string of the molecule is Cc1nn(C2CCCCO2)c(CCCO)c1C1=CCN(C(=O)OCc2ccccc2)CC1. The maximum atomic E-state index is 12.5. The molecule has 7 heteroatoms. The molecule has 1 fully saturated rings. The third-order valence-corrected chi connectivity index (χ3v) is 6.18. The van der Waals surface area contributed by atoms with E-state index in [1.165, 1.54) is 5.57 Å². The highest BCUT2D eigenvalue weighted by Crippen LogP contribution is 2.33. The smallest absolute Gasteiger partial charge is 0.410 e. The predicted molar refractivity (Wildman–Crippen MR) is 122 cm³/mol. The zero-order valence-corrected chi connectivity index (χ0v) is 18.8. The van der Waals surface area contributed by atoms with Gasteiger partial charge in [-0.05, 0) is 56.6 Å². The summed E-state index contributed by atoms with van der Waals surface area (Å²) in [5.41, 5.74) is 5.47. The van der Waals surface area contributed by atoms with Crippen LogP contribution < -0.4 is 0 Å². The third-order valence-electron chi connectivity index (χ3n) is 6.18. The number of carbonyl (C=O) groups excluding carboxylic acids is 1. The molecule has 1 aromatic carbocycles. The van der Waals surface area contributed by atoms with Crippen LogP contribution in [-0.2, 0) is 22.5 Å². The molecule has 1 atom stereocenters. The fourth-order valence-electron chi connectivity index (χ4n) is 4.53. The number of ether oxygens (including phenoxy) is 2. The van der Waals surface area contributed by atoms with Gasteiger partial charge in [-0.25, -0.2) is 9.48 Å². The van der Waals surface area contributed by atoms with Crippen molar-refractivity contribution >= 4 is 11.7 Å². The van der Waals surface area contributed by atoms with Crippen molar-refractivity contribution in [1.82, 2.24) is 14.7 Å². The first kappa shape index (κ1) is 22.6. The topological polar surface area (TPSA) is 76.8 Å². The lowest BCUT2D eigenvalue weighted by molar-refractivity contribution is -0.0413. The Balaban J connectivity index is 1.46. The molecular formula is C25H33N3O4. The molecule has 1 saturated heterocycles. The number of nitrogens with zero attached hydrogens (tertiary/aromatic N) is 3. The van der Waals surface area contributed by atoms with Crippen LogP contribution in [0, 0.1) is 6.92 Å². The molecule has 1 N–H and O–H groups in total. The minimum atomic E-state index is -0.285. The van der Waals surface area contributed by atoms with E-state index in [-0.39, 0.29) is 25.5 Å². The number of hydrogen-bond donors (Lipinski definition) is 1. The van der Waals surface area contributed by atoms with Crippen molar-refractivity contribution in [3.8, 4) is 0 Å². The van der Waals surface area contributed by atoms with Crippen molar-refractivity contribution in [1.29, 1.82) is 0 Å². The van der Waals surface area contributed by atoms with Gasteiger partial charge in [-0.1, -0.05) is 36.4 Å². The fraction of sp³-hybridized carbons (Fsp3) is 0.520. The Labute approximate surface area is 189 Å². The number of hydrogen-bond acceptors (Lipinski definition) is 5. The molecule has 2 aliphatic heterocycles. The van der Waals surface area contributed by atoms with Crippen molar-refractivity contribution in [2.45, 2.75) is 58.3 Å². The van der Waals surface area contributed by atoms with Gasteiger partial charge in [-0.3, -0.25) is 0 Å². The second-order valence-electron chi connectivity index (χ2n) is 8.47. The Morgan fingerprint density at radius 1 is 1.28 bits per heavy atom. The van der Waals surface area contributed by atoms with Gasteiger partial charge in [0.1, 0.15) is 12.8 Å². The maximum Gasteiger partial charge on any atom is 0.410 e. The highest BCUT2D eigenvalue weighted by Gasteiger charge is 2.27. The van der Waals surface area contributed by atoms with E-state index in [1.54, 1.807) is 4.90 Å². The molecule has 0 aliphatic carbocycles. The molecular weight excluding hydrogens is 406 g/mol. The van der Waals surface area contributed by atoms with Crippen LogP contribution in [0.25, 0.3) is 5.57 Å². The molecule has 0 spiro atoms. The van der Waals surface area contributed by atoms with E-state index in [2.05, 4.69) is 6.08 Å². The largest absolute Gasteiger partial charge is 0.445 e. The molecule has 3 heterocycles. The summed E-state index contributed by atoms with van der Waals surface area (Å²) in [6.07, 6.45) is 7.20. The predicted octanol–water partition coefficient (Wildman–Crippen LogP) is 4.24. The van der Waals surface area contributed by atoms with Crippen molar-refractivity contribution in [3.63, 3.8) is 0 Å². The highest BCUT2D eigenvalue weighted by molar-refractivity contribution is 5.74. The van der Waals surface area contributed by atoms with Gasteiger partial charge in [0.15, 0.2) is 0 Å². The van der Waals surface area contributed by atoms with Gasteiger partial charge >= 0.3 is 6.09 Å². The van der Waals surface area contributed by atoms with Crippen LogP contribution in [0.4, 0.5) is 4.79 Å². The molecule has 0 bridgehead atoms. The maximum absolute atomic E-state index is 12.5. The van der Waals surface area contributed by atoms with Crippen molar-refractivity contribution in [3.05, 3.63) is 58.9 Å². The lowest BCUT2D eigenvalue weighted by Gasteiger charge is -2.27. The van der Waals surface area contributed by atoms with Gasteiger partial charge in [0.05, 0.1) is 5.69 Å². The molecule has 1 amide bonds. The van der Waals surface area contributed by atoms with E-state index in [0.29, 0.717) is 19.5 Å². The summed E-state index contributed by atoms with van der Waals surface area (Å²) in [7, 11) is 0. The molecule has 172 valence electrons. The van der Waals surface area contributed by atoms with Gasteiger partial charge in [0, 0.05) is 37.6 Å². The Morgan fingerprint density at radius 3 is 2.81 bits per heavy atom. The monoisotopic (exact) mass is 439 g/mol. The number of benzene rings is 1. The fourth-order valence-corrected chi connectivity index (χ4v) is 4.53. The molecule has 0 saturated carbocycles. The molecule has 1 unspecified atom stereocenters. The lowest BCUT2D eigenvalue weighted by Crippen LogP contribution is -2.35. The van der Waals surface area contributed by atoms with Crippen molar-refractivity contribution in [2.75, 3.05) is 26.3 Å². The van der Waals surface area contributed by atoms with E-state index in [0.717, 1.165) is 61.2 Å². The molecule has 4 rings (SSSR count). The molecule has 7 nitrogen and oxygen atoms in total. The lowest BCUT2D eigenvalue weighted by atomic mass is 9.95. The molecule has 0 radical (unpaired) electrons. The quantitative estimate of drug-likeness (QED) is 0.698. The first-order chi connectivity index (χ1) is 15.7. The average Bonchev–Trinajstić information content (AvgIpc) is 3.18. The van der Waals surface area contributed by atoms with Crippen LogP contribution in [0.3, 0.4) is 0 Å². The summed E-state index contributed by atoms with van der Waals surface area (Å²) in [5.74, 6) is 0. The summed E-state index contributed by atoms with van der Waals surface area (Å²) in [6, 6.07) is 9.72. The molecule has 32 heavy (non-hydrogen) atoms. The normalized spacial score (nSPS) is 19.0. The van der Waals surface area contributed by atoms with Gasteiger partial charge in [0.2, 0.25) is 0 Å². The van der Waals surface area contributed by atoms with Crippen LogP contribution in [-0.4, -0.2) is 52.2 Å². The minimum absolute atomic E-state index is 0.0291. The number of aryl methyl sites for hydroxylation is 1. The second kappa shape index (κ2) is 10.8. The van der Waals surface area contributed by atoms with E-state index in [4.69, 9.17) is 14.6 Å². The van der Waals surface area contributed by atoms with E-state index in [9.17, 15) is 9.90 Å². The standard InChI is InChI=1S/C25H33N3O4/c1-19-24(22(10-7-16-29)28(26-19)23-11-5-6-17-31-23)21-12-14-27(15-13-21)25(30)32-18-20-8-3-2-4-9-20/h2-4,8-9,12,23,29H,5-7,10-11,13-18H2,1H3. The zero-order valence-electron chi connectivity index (χ0n) is 18.8. The van der Waals surface area contributed by atoms with Gasteiger partial charge in [-0.2, -0.15) is 5.10 Å². The summed E-state index contributed by atoms with van der Waals surface area (Å²) >= 11 is 0. The summed E-state index contributed by atoms with van der Waals surface area (Å²) in [4.78, 5) is 14.3. The summed E-state index contributed by atoms with van der Waals surface area (Å²) in [5, 5.41) is 14.3. The second-order valence-corrected chi connectivity index (χ2v) is 8.47. The van der Waals surface area contributed by atoms with Gasteiger partial charge in [-0.15, -0.1) is 0 Å². The average molecular weight is 440 g/mol.